The van der Waals surface area contributed by atoms with Crippen molar-refractivity contribution in [2.45, 2.75) is 18.9 Å². The van der Waals surface area contributed by atoms with Crippen LogP contribution in [0.4, 0.5) is 0 Å². The van der Waals surface area contributed by atoms with Gasteiger partial charge in [-0.15, -0.1) is 6.58 Å². The van der Waals surface area contributed by atoms with E-state index < -0.39 is 0 Å². The molecule has 3 rings (SSSR count). The molecule has 0 radical (unpaired) electrons. The van der Waals surface area contributed by atoms with Crippen LogP contribution in [-0.2, 0) is 0 Å². The molecule has 1 aliphatic rings. The summed E-state index contributed by atoms with van der Waals surface area (Å²) in [6.07, 6.45) is 7.32. The number of carbonyl (C=O) groups is 1. The van der Waals surface area contributed by atoms with Crippen molar-refractivity contribution in [1.29, 1.82) is 0 Å². The molecule has 0 atom stereocenters. The fourth-order valence-corrected chi connectivity index (χ4v) is 2.88. The quantitative estimate of drug-likeness (QED) is 0.862. The SMILES string of the molecule is C=CCN1CCC(NC(=O)c2cn(-c3ccccc3)cn2)CC1. The topological polar surface area (TPSA) is 50.2 Å². The molecule has 5 heteroatoms. The minimum absolute atomic E-state index is 0.0955. The summed E-state index contributed by atoms with van der Waals surface area (Å²) in [5, 5.41) is 3.10. The average Bonchev–Trinajstić information content (AvgIpc) is 3.08. The van der Waals surface area contributed by atoms with Crippen molar-refractivity contribution < 1.29 is 4.79 Å². The number of benzene rings is 1. The molecule has 1 amide bonds. The molecule has 0 unspecified atom stereocenters. The molecule has 2 aromatic rings. The molecule has 1 aliphatic heterocycles. The third kappa shape index (κ3) is 3.87. The van der Waals surface area contributed by atoms with Gasteiger partial charge in [-0.2, -0.15) is 0 Å². The van der Waals surface area contributed by atoms with E-state index in [4.69, 9.17) is 0 Å². The molecule has 0 spiro atoms. The Balaban J connectivity index is 1.57. The van der Waals surface area contributed by atoms with Gasteiger partial charge in [0.05, 0.1) is 0 Å². The maximum Gasteiger partial charge on any atom is 0.271 e. The number of nitrogens with zero attached hydrogens (tertiary/aromatic N) is 3. The van der Waals surface area contributed by atoms with Crippen LogP contribution in [0.3, 0.4) is 0 Å². The second kappa shape index (κ2) is 7.24. The van der Waals surface area contributed by atoms with Crippen molar-refractivity contribution >= 4 is 5.91 Å². The van der Waals surface area contributed by atoms with E-state index in [1.165, 1.54) is 0 Å². The first kappa shape index (κ1) is 15.5. The molecule has 1 aromatic carbocycles. The smallest absolute Gasteiger partial charge is 0.271 e. The number of aromatic nitrogens is 2. The van der Waals surface area contributed by atoms with Crippen LogP contribution in [0.25, 0.3) is 5.69 Å². The summed E-state index contributed by atoms with van der Waals surface area (Å²) in [5.74, 6) is -0.0955. The fourth-order valence-electron chi connectivity index (χ4n) is 2.88. The van der Waals surface area contributed by atoms with Gasteiger partial charge in [0.15, 0.2) is 0 Å². The third-order valence-electron chi connectivity index (χ3n) is 4.18. The maximum atomic E-state index is 12.3. The van der Waals surface area contributed by atoms with E-state index in [0.29, 0.717) is 5.69 Å². The minimum Gasteiger partial charge on any atom is -0.348 e. The normalized spacial score (nSPS) is 16.2. The van der Waals surface area contributed by atoms with Crippen LogP contribution in [0.1, 0.15) is 23.3 Å². The lowest BCUT2D eigenvalue weighted by Crippen LogP contribution is -2.44. The average molecular weight is 310 g/mol. The van der Waals surface area contributed by atoms with E-state index in [2.05, 4.69) is 21.8 Å². The molecule has 23 heavy (non-hydrogen) atoms. The van der Waals surface area contributed by atoms with Crippen LogP contribution in [0.5, 0.6) is 0 Å². The van der Waals surface area contributed by atoms with E-state index >= 15 is 0 Å². The molecule has 0 saturated carbocycles. The van der Waals surface area contributed by atoms with E-state index in [-0.39, 0.29) is 11.9 Å². The van der Waals surface area contributed by atoms with Crippen molar-refractivity contribution in [1.82, 2.24) is 19.8 Å². The van der Waals surface area contributed by atoms with Crippen molar-refractivity contribution in [3.8, 4) is 5.69 Å². The summed E-state index contributed by atoms with van der Waals surface area (Å²) in [4.78, 5) is 18.9. The van der Waals surface area contributed by atoms with E-state index in [1.54, 1.807) is 12.5 Å². The van der Waals surface area contributed by atoms with Gasteiger partial charge in [0.1, 0.15) is 12.0 Å². The van der Waals surface area contributed by atoms with Crippen LogP contribution in [0.2, 0.25) is 0 Å². The van der Waals surface area contributed by atoms with Crippen LogP contribution < -0.4 is 5.32 Å². The molecule has 5 nitrogen and oxygen atoms in total. The summed E-state index contributed by atoms with van der Waals surface area (Å²) < 4.78 is 1.86. The Kier molecular flexibility index (Phi) is 4.88. The van der Waals surface area contributed by atoms with Gasteiger partial charge in [-0.05, 0) is 25.0 Å². The molecule has 1 saturated heterocycles. The first-order valence-corrected chi connectivity index (χ1v) is 8.00. The Bertz CT molecular complexity index is 657. The van der Waals surface area contributed by atoms with Crippen LogP contribution >= 0.6 is 0 Å². The van der Waals surface area contributed by atoms with Crippen molar-refractivity contribution in [2.75, 3.05) is 19.6 Å². The number of carbonyl (C=O) groups excluding carboxylic acids is 1. The van der Waals surface area contributed by atoms with Gasteiger partial charge >= 0.3 is 0 Å². The Morgan fingerprint density at radius 1 is 1.30 bits per heavy atom. The zero-order valence-electron chi connectivity index (χ0n) is 13.2. The second-order valence-corrected chi connectivity index (χ2v) is 5.84. The molecule has 120 valence electrons. The fraction of sp³-hybridized carbons (Fsp3) is 0.333. The highest BCUT2D eigenvalue weighted by Gasteiger charge is 2.21. The monoisotopic (exact) mass is 310 g/mol. The number of imidazole rings is 1. The molecule has 0 aliphatic carbocycles. The van der Waals surface area contributed by atoms with E-state index in [0.717, 1.165) is 38.2 Å². The number of amides is 1. The largest absolute Gasteiger partial charge is 0.348 e. The molecule has 1 N–H and O–H groups in total. The first-order chi connectivity index (χ1) is 11.3. The Hall–Kier alpha value is -2.40. The molecular formula is C18H22N4O. The molecular weight excluding hydrogens is 288 g/mol. The summed E-state index contributed by atoms with van der Waals surface area (Å²) in [6, 6.07) is 10.1. The number of likely N-dealkylation sites (tertiary alicyclic amines) is 1. The lowest BCUT2D eigenvalue weighted by atomic mass is 10.0. The predicted octanol–water partition coefficient (Wildman–Crippen LogP) is 2.25. The van der Waals surface area contributed by atoms with Gasteiger partial charge in [-0.1, -0.05) is 24.3 Å². The zero-order chi connectivity index (χ0) is 16.1. The van der Waals surface area contributed by atoms with E-state index in [1.807, 2.05) is 41.0 Å². The van der Waals surface area contributed by atoms with Crippen molar-refractivity contribution in [3.05, 3.63) is 61.2 Å². The second-order valence-electron chi connectivity index (χ2n) is 5.84. The number of hydrogen-bond donors (Lipinski definition) is 1. The highest BCUT2D eigenvalue weighted by molar-refractivity contribution is 5.92. The Labute approximate surface area is 136 Å². The number of hydrogen-bond acceptors (Lipinski definition) is 3. The van der Waals surface area contributed by atoms with Crippen molar-refractivity contribution in [3.63, 3.8) is 0 Å². The summed E-state index contributed by atoms with van der Waals surface area (Å²) >= 11 is 0. The Morgan fingerprint density at radius 3 is 2.74 bits per heavy atom. The van der Waals surface area contributed by atoms with Crippen LogP contribution in [0, 0.1) is 0 Å². The van der Waals surface area contributed by atoms with Crippen LogP contribution in [0.15, 0.2) is 55.5 Å². The predicted molar refractivity (Wildman–Crippen MR) is 90.7 cm³/mol. The minimum atomic E-state index is -0.0955. The molecule has 0 bridgehead atoms. The highest BCUT2D eigenvalue weighted by Crippen LogP contribution is 2.12. The highest BCUT2D eigenvalue weighted by atomic mass is 16.2. The maximum absolute atomic E-state index is 12.3. The number of nitrogens with one attached hydrogen (secondary N) is 1. The summed E-state index contributed by atoms with van der Waals surface area (Å²) in [6.45, 7) is 6.68. The lowest BCUT2D eigenvalue weighted by Gasteiger charge is -2.31. The molecule has 1 aromatic heterocycles. The number of rotatable bonds is 5. The Morgan fingerprint density at radius 2 is 2.04 bits per heavy atom. The lowest BCUT2D eigenvalue weighted by molar-refractivity contribution is 0.0909. The van der Waals surface area contributed by atoms with Gasteiger partial charge in [0, 0.05) is 37.6 Å². The summed E-state index contributed by atoms with van der Waals surface area (Å²) in [5.41, 5.74) is 1.46. The number of para-hydroxylation sites is 1. The van der Waals surface area contributed by atoms with Crippen molar-refractivity contribution in [2.24, 2.45) is 0 Å². The van der Waals surface area contributed by atoms with Gasteiger partial charge in [0.25, 0.3) is 5.91 Å². The van der Waals surface area contributed by atoms with E-state index in [9.17, 15) is 4.79 Å². The standard InChI is InChI=1S/C18H22N4O/c1-2-10-21-11-8-15(9-12-21)20-18(23)17-13-22(14-19-17)16-6-4-3-5-7-16/h2-7,13-15H,1,8-12H2,(H,20,23). The van der Waals surface area contributed by atoms with Gasteiger partial charge in [0.2, 0.25) is 0 Å². The van der Waals surface area contributed by atoms with Gasteiger partial charge < -0.3 is 9.88 Å². The van der Waals surface area contributed by atoms with Gasteiger partial charge in [-0.3, -0.25) is 9.69 Å². The number of piperidine rings is 1. The summed E-state index contributed by atoms with van der Waals surface area (Å²) in [7, 11) is 0. The molecule has 2 heterocycles. The molecule has 1 fully saturated rings. The third-order valence-corrected chi connectivity index (χ3v) is 4.18. The van der Waals surface area contributed by atoms with Gasteiger partial charge in [-0.25, -0.2) is 4.98 Å². The van der Waals surface area contributed by atoms with Crippen LogP contribution in [-0.4, -0.2) is 46.0 Å². The zero-order valence-corrected chi connectivity index (χ0v) is 13.2. The first-order valence-electron chi connectivity index (χ1n) is 8.00.